The molecule has 1 aromatic heterocycles. The number of hydrogen-bond donors (Lipinski definition) is 0. The second-order valence-electron chi connectivity index (χ2n) is 2.69. The van der Waals surface area contributed by atoms with E-state index in [2.05, 4.69) is 0 Å². The smallest absolute Gasteiger partial charge is 0.140 e. The number of rotatable bonds is 1. The predicted octanol–water partition coefficient (Wildman–Crippen LogP) is 2.23. The Bertz CT molecular complexity index is 479. The first kappa shape index (κ1) is 7.84. The van der Waals surface area contributed by atoms with Gasteiger partial charge in [0.2, 0.25) is 0 Å². The van der Waals surface area contributed by atoms with Gasteiger partial charge >= 0.3 is 0 Å². The average molecular weight is 172 g/mol. The lowest BCUT2D eigenvalue weighted by Crippen LogP contribution is -1.73. The van der Waals surface area contributed by atoms with E-state index < -0.39 is 0 Å². The van der Waals surface area contributed by atoms with Gasteiger partial charge in [0.25, 0.3) is 0 Å². The van der Waals surface area contributed by atoms with Crippen LogP contribution >= 0.6 is 0 Å². The molecule has 63 valence electrons. The van der Waals surface area contributed by atoms with E-state index in [9.17, 15) is 5.11 Å². The molecule has 0 atom stereocenters. The Morgan fingerprint density at radius 3 is 3.00 bits per heavy atom. The van der Waals surface area contributed by atoms with Crippen LogP contribution in [0.3, 0.4) is 0 Å². The van der Waals surface area contributed by atoms with Crippen molar-refractivity contribution in [2.45, 2.75) is 6.61 Å². The zero-order valence-electron chi connectivity index (χ0n) is 6.78. The SMILES string of the molecule is N#Cc1cccc2oc(C[O])cc12. The van der Waals surface area contributed by atoms with Crippen LogP contribution in [0.15, 0.2) is 28.7 Å². The van der Waals surface area contributed by atoms with Crippen molar-refractivity contribution in [1.82, 2.24) is 0 Å². The number of hydrogen-bond acceptors (Lipinski definition) is 2. The summed E-state index contributed by atoms with van der Waals surface area (Å²) in [6.07, 6.45) is 0. The predicted molar refractivity (Wildman–Crippen MR) is 45.3 cm³/mol. The third-order valence-corrected chi connectivity index (χ3v) is 1.88. The molecule has 0 spiro atoms. The second-order valence-corrected chi connectivity index (χ2v) is 2.69. The van der Waals surface area contributed by atoms with E-state index in [4.69, 9.17) is 9.68 Å². The van der Waals surface area contributed by atoms with Gasteiger partial charge in [-0.05, 0) is 18.2 Å². The molecule has 1 heterocycles. The van der Waals surface area contributed by atoms with E-state index in [0.29, 0.717) is 16.9 Å². The van der Waals surface area contributed by atoms with Crippen LogP contribution in [0, 0.1) is 11.3 Å². The molecule has 2 rings (SSSR count). The zero-order valence-corrected chi connectivity index (χ0v) is 6.78. The zero-order chi connectivity index (χ0) is 9.26. The Kier molecular flexibility index (Phi) is 1.76. The maximum absolute atomic E-state index is 10.5. The van der Waals surface area contributed by atoms with E-state index in [0.717, 1.165) is 5.39 Å². The molecule has 0 bridgehead atoms. The Balaban J connectivity index is 2.76. The van der Waals surface area contributed by atoms with Crippen molar-refractivity contribution < 1.29 is 9.52 Å². The first-order valence-electron chi connectivity index (χ1n) is 3.85. The van der Waals surface area contributed by atoms with Crippen molar-refractivity contribution in [3.63, 3.8) is 0 Å². The summed E-state index contributed by atoms with van der Waals surface area (Å²) in [6, 6.07) is 8.85. The molecule has 0 fully saturated rings. The fourth-order valence-corrected chi connectivity index (χ4v) is 1.28. The second kappa shape index (κ2) is 2.92. The molecule has 0 amide bonds. The van der Waals surface area contributed by atoms with Crippen molar-refractivity contribution in [1.29, 1.82) is 5.26 Å². The maximum Gasteiger partial charge on any atom is 0.140 e. The van der Waals surface area contributed by atoms with E-state index in [1.165, 1.54) is 0 Å². The molecule has 0 saturated heterocycles. The summed E-state index contributed by atoms with van der Waals surface area (Å²) in [5, 5.41) is 20.0. The van der Waals surface area contributed by atoms with Gasteiger partial charge < -0.3 is 4.42 Å². The summed E-state index contributed by atoms with van der Waals surface area (Å²) in [7, 11) is 0. The number of benzene rings is 1. The van der Waals surface area contributed by atoms with Crippen molar-refractivity contribution in [2.75, 3.05) is 0 Å². The summed E-state index contributed by atoms with van der Waals surface area (Å²) in [5.74, 6) is 0.373. The molecular formula is C10H6NO2. The van der Waals surface area contributed by atoms with Crippen molar-refractivity contribution in [3.05, 3.63) is 35.6 Å². The average Bonchev–Trinajstić information content (AvgIpc) is 2.59. The third kappa shape index (κ3) is 1.17. The molecule has 3 nitrogen and oxygen atoms in total. The maximum atomic E-state index is 10.5. The Morgan fingerprint density at radius 1 is 1.46 bits per heavy atom. The van der Waals surface area contributed by atoms with Crippen LogP contribution in [-0.4, -0.2) is 0 Å². The van der Waals surface area contributed by atoms with Gasteiger partial charge in [0.05, 0.1) is 11.6 Å². The highest BCUT2D eigenvalue weighted by Gasteiger charge is 2.06. The van der Waals surface area contributed by atoms with E-state index in [1.807, 2.05) is 6.07 Å². The third-order valence-electron chi connectivity index (χ3n) is 1.88. The monoisotopic (exact) mass is 172 g/mol. The summed E-state index contributed by atoms with van der Waals surface area (Å²) in [6.45, 7) is -0.389. The van der Waals surface area contributed by atoms with Gasteiger partial charge in [-0.3, -0.25) is 0 Å². The van der Waals surface area contributed by atoms with Crippen LogP contribution in [0.2, 0.25) is 0 Å². The van der Waals surface area contributed by atoms with Gasteiger partial charge in [0.15, 0.2) is 0 Å². The number of nitriles is 1. The highest BCUT2D eigenvalue weighted by molar-refractivity contribution is 5.84. The molecule has 0 saturated carbocycles. The van der Waals surface area contributed by atoms with Crippen molar-refractivity contribution >= 4 is 11.0 Å². The van der Waals surface area contributed by atoms with Crippen LogP contribution in [0.5, 0.6) is 0 Å². The summed E-state index contributed by atoms with van der Waals surface area (Å²) in [5.41, 5.74) is 1.14. The topological polar surface area (TPSA) is 56.8 Å². The molecular weight excluding hydrogens is 166 g/mol. The minimum Gasteiger partial charge on any atom is -0.458 e. The standard InChI is InChI=1S/C10H6NO2/c11-5-7-2-1-3-10-9(7)4-8(6-12)13-10/h1-4H,6H2. The molecule has 0 aliphatic rings. The fourth-order valence-electron chi connectivity index (χ4n) is 1.28. The van der Waals surface area contributed by atoms with E-state index in [-0.39, 0.29) is 6.61 Å². The van der Waals surface area contributed by atoms with Crippen LogP contribution in [0.25, 0.3) is 11.0 Å². The highest BCUT2D eigenvalue weighted by atomic mass is 16.4. The summed E-state index contributed by atoms with van der Waals surface area (Å²) in [4.78, 5) is 0. The van der Waals surface area contributed by atoms with Gasteiger partial charge in [-0.2, -0.15) is 5.26 Å². The Labute approximate surface area is 74.8 Å². The van der Waals surface area contributed by atoms with E-state index >= 15 is 0 Å². The lowest BCUT2D eigenvalue weighted by molar-refractivity contribution is 0.157. The molecule has 3 heteroatoms. The Hall–Kier alpha value is -1.79. The minimum absolute atomic E-state index is 0.373. The first-order valence-corrected chi connectivity index (χ1v) is 3.85. The normalized spacial score (nSPS) is 10.2. The summed E-state index contributed by atoms with van der Waals surface area (Å²) < 4.78 is 5.20. The number of fused-ring (bicyclic) bond motifs is 1. The lowest BCUT2D eigenvalue weighted by Gasteiger charge is -1.88. The molecule has 1 aromatic carbocycles. The number of nitrogens with zero attached hydrogens (tertiary/aromatic N) is 1. The van der Waals surface area contributed by atoms with Crippen LogP contribution < -0.4 is 0 Å². The largest absolute Gasteiger partial charge is 0.458 e. The molecule has 0 N–H and O–H groups in total. The molecule has 0 aliphatic heterocycles. The van der Waals surface area contributed by atoms with Gasteiger partial charge in [0, 0.05) is 5.39 Å². The first-order chi connectivity index (χ1) is 6.35. The molecule has 2 aromatic rings. The van der Waals surface area contributed by atoms with Gasteiger partial charge in [0.1, 0.15) is 18.0 Å². The van der Waals surface area contributed by atoms with Crippen molar-refractivity contribution in [2.24, 2.45) is 0 Å². The number of furan rings is 1. The van der Waals surface area contributed by atoms with Crippen LogP contribution in [-0.2, 0) is 11.7 Å². The lowest BCUT2D eigenvalue weighted by atomic mass is 10.1. The molecule has 0 unspecified atom stereocenters. The highest BCUT2D eigenvalue weighted by Crippen LogP contribution is 2.22. The molecule has 1 radical (unpaired) electrons. The Morgan fingerprint density at radius 2 is 2.31 bits per heavy atom. The quantitative estimate of drug-likeness (QED) is 0.662. The van der Waals surface area contributed by atoms with Gasteiger partial charge in [-0.1, -0.05) is 6.07 Å². The molecule has 0 aliphatic carbocycles. The van der Waals surface area contributed by atoms with Crippen LogP contribution in [0.1, 0.15) is 11.3 Å². The van der Waals surface area contributed by atoms with Crippen molar-refractivity contribution in [3.8, 4) is 6.07 Å². The fraction of sp³-hybridized carbons (Fsp3) is 0.100. The summed E-state index contributed by atoms with van der Waals surface area (Å²) >= 11 is 0. The van der Waals surface area contributed by atoms with Gasteiger partial charge in [-0.15, -0.1) is 0 Å². The van der Waals surface area contributed by atoms with Gasteiger partial charge in [-0.25, -0.2) is 5.11 Å². The molecule has 13 heavy (non-hydrogen) atoms. The van der Waals surface area contributed by atoms with E-state index in [1.54, 1.807) is 24.3 Å². The minimum atomic E-state index is -0.389. The van der Waals surface area contributed by atoms with Crippen LogP contribution in [0.4, 0.5) is 0 Å².